The molecule has 1 aromatic heterocycles. The van der Waals surface area contributed by atoms with E-state index in [9.17, 15) is 9.59 Å². The Morgan fingerprint density at radius 1 is 0.828 bits per heavy atom. The van der Waals surface area contributed by atoms with Crippen molar-refractivity contribution in [3.8, 4) is 0 Å². The first kappa shape index (κ1) is 18.6. The Kier molecular flexibility index (Phi) is 4.91. The van der Waals surface area contributed by atoms with Crippen molar-refractivity contribution in [2.24, 2.45) is 0 Å². The number of nitrogens with one attached hydrogen (secondary N) is 2. The lowest BCUT2D eigenvalue weighted by Crippen LogP contribution is -2.30. The molecule has 6 heteroatoms. The second kappa shape index (κ2) is 7.67. The van der Waals surface area contributed by atoms with Crippen molar-refractivity contribution in [1.82, 2.24) is 15.4 Å². The number of allylic oxidation sites excluding steroid dienone is 1. The minimum absolute atomic E-state index is 0.181. The number of benzene rings is 2. The summed E-state index contributed by atoms with van der Waals surface area (Å²) in [4.78, 5) is 34.9. The molecule has 0 saturated heterocycles. The molecule has 0 radical (unpaired) electrons. The van der Waals surface area contributed by atoms with Crippen molar-refractivity contribution in [3.05, 3.63) is 94.9 Å². The Bertz CT molecular complexity index is 1100. The van der Waals surface area contributed by atoms with Gasteiger partial charge in [0.05, 0.1) is 0 Å². The smallest absolute Gasteiger partial charge is 0.242 e. The molecule has 4 rings (SSSR count). The molecule has 0 saturated carbocycles. The number of rotatable bonds is 4. The van der Waals surface area contributed by atoms with Gasteiger partial charge >= 0.3 is 0 Å². The summed E-state index contributed by atoms with van der Waals surface area (Å²) in [5, 5.41) is 0. The number of carbonyl (C=O) groups excluding carboxylic acids is 2. The summed E-state index contributed by atoms with van der Waals surface area (Å²) in [6.45, 7) is 3.77. The van der Waals surface area contributed by atoms with Crippen molar-refractivity contribution in [1.29, 1.82) is 0 Å². The van der Waals surface area contributed by atoms with Gasteiger partial charge in [-0.2, -0.15) is 0 Å². The SMILES string of the molecule is Cc1cc(C)nc(NNC=C2C(=O)C(c3ccccc3)C(=O)c3ccccc32)n1. The molecular weight excluding hydrogens is 364 g/mol. The number of anilines is 1. The minimum Gasteiger partial charge on any atom is -0.305 e. The zero-order chi connectivity index (χ0) is 20.4. The molecule has 0 bridgehead atoms. The van der Waals surface area contributed by atoms with E-state index >= 15 is 0 Å². The summed E-state index contributed by atoms with van der Waals surface area (Å²) in [5.41, 5.74) is 9.77. The fourth-order valence-electron chi connectivity index (χ4n) is 3.55. The third-order valence-corrected chi connectivity index (χ3v) is 4.79. The van der Waals surface area contributed by atoms with Crippen molar-refractivity contribution in [2.45, 2.75) is 19.8 Å². The Balaban J connectivity index is 1.69. The van der Waals surface area contributed by atoms with E-state index < -0.39 is 5.92 Å². The Hall–Kier alpha value is -3.80. The van der Waals surface area contributed by atoms with Gasteiger partial charge < -0.3 is 5.43 Å². The summed E-state index contributed by atoms with van der Waals surface area (Å²) in [5.74, 6) is -0.863. The average Bonchev–Trinajstić information content (AvgIpc) is 2.71. The number of nitrogens with zero attached hydrogens (tertiary/aromatic N) is 2. The monoisotopic (exact) mass is 384 g/mol. The second-order valence-electron chi connectivity index (χ2n) is 6.92. The van der Waals surface area contributed by atoms with E-state index in [1.54, 1.807) is 36.5 Å². The third-order valence-electron chi connectivity index (χ3n) is 4.79. The van der Waals surface area contributed by atoms with Crippen LogP contribution in [-0.4, -0.2) is 21.5 Å². The van der Waals surface area contributed by atoms with E-state index in [0.717, 1.165) is 11.4 Å². The van der Waals surface area contributed by atoms with Gasteiger partial charge in [0.2, 0.25) is 5.95 Å². The lowest BCUT2D eigenvalue weighted by Gasteiger charge is -2.25. The van der Waals surface area contributed by atoms with Crippen molar-refractivity contribution < 1.29 is 9.59 Å². The molecule has 2 aromatic carbocycles. The van der Waals surface area contributed by atoms with Gasteiger partial charge in [-0.05, 0) is 31.0 Å². The van der Waals surface area contributed by atoms with Gasteiger partial charge in [0.25, 0.3) is 0 Å². The third kappa shape index (κ3) is 3.65. The fourth-order valence-corrected chi connectivity index (χ4v) is 3.55. The maximum absolute atomic E-state index is 13.3. The van der Waals surface area contributed by atoms with Gasteiger partial charge in [-0.1, -0.05) is 54.6 Å². The zero-order valence-electron chi connectivity index (χ0n) is 16.1. The van der Waals surface area contributed by atoms with Gasteiger partial charge in [0.15, 0.2) is 11.6 Å². The van der Waals surface area contributed by atoms with E-state index in [1.165, 1.54) is 0 Å². The highest BCUT2D eigenvalue weighted by molar-refractivity contribution is 6.37. The predicted molar refractivity (Wildman–Crippen MR) is 111 cm³/mol. The van der Waals surface area contributed by atoms with Crippen LogP contribution in [0.4, 0.5) is 5.95 Å². The lowest BCUT2D eigenvalue weighted by atomic mass is 9.76. The largest absolute Gasteiger partial charge is 0.305 e. The van der Waals surface area contributed by atoms with Crippen LogP contribution in [0.1, 0.15) is 38.8 Å². The first-order valence-electron chi connectivity index (χ1n) is 9.31. The summed E-state index contributed by atoms with van der Waals surface area (Å²) in [6.07, 6.45) is 1.57. The quantitative estimate of drug-likeness (QED) is 0.406. The minimum atomic E-state index is -0.850. The highest BCUT2D eigenvalue weighted by Gasteiger charge is 2.38. The van der Waals surface area contributed by atoms with E-state index in [0.29, 0.717) is 28.2 Å². The summed E-state index contributed by atoms with van der Waals surface area (Å²) >= 11 is 0. The molecule has 2 N–H and O–H groups in total. The summed E-state index contributed by atoms with van der Waals surface area (Å²) < 4.78 is 0. The van der Waals surface area contributed by atoms with Crippen LogP contribution in [0.25, 0.3) is 5.57 Å². The highest BCUT2D eigenvalue weighted by Crippen LogP contribution is 2.36. The summed E-state index contributed by atoms with van der Waals surface area (Å²) in [6, 6.07) is 18.2. The molecule has 1 aliphatic carbocycles. The number of aryl methyl sites for hydroxylation is 2. The standard InChI is InChI=1S/C23H20N4O2/c1-14-12-15(2)26-23(25-14)27-24-13-19-17-10-6-7-11-18(17)21(28)20(22(19)29)16-8-4-3-5-9-16/h3-13,20,24H,1-2H3,(H,25,26,27). The van der Waals surface area contributed by atoms with Crippen molar-refractivity contribution in [3.63, 3.8) is 0 Å². The van der Waals surface area contributed by atoms with Crippen LogP contribution in [0, 0.1) is 13.8 Å². The molecule has 0 aliphatic heterocycles. The van der Waals surface area contributed by atoms with Crippen LogP contribution in [0.5, 0.6) is 0 Å². The predicted octanol–water partition coefficient (Wildman–Crippen LogP) is 3.60. The maximum atomic E-state index is 13.3. The van der Waals surface area contributed by atoms with E-state index in [4.69, 9.17) is 0 Å². The average molecular weight is 384 g/mol. The molecule has 1 aliphatic rings. The highest BCUT2D eigenvalue weighted by atomic mass is 16.2. The number of hydrazine groups is 1. The van der Waals surface area contributed by atoms with Crippen LogP contribution in [-0.2, 0) is 4.79 Å². The number of fused-ring (bicyclic) bond motifs is 1. The van der Waals surface area contributed by atoms with Crippen molar-refractivity contribution >= 4 is 23.1 Å². The van der Waals surface area contributed by atoms with E-state index in [2.05, 4.69) is 20.8 Å². The second-order valence-corrected chi connectivity index (χ2v) is 6.92. The van der Waals surface area contributed by atoms with Gasteiger partial charge in [-0.15, -0.1) is 0 Å². The number of hydrogen-bond acceptors (Lipinski definition) is 6. The molecule has 0 amide bonds. The number of carbonyl (C=O) groups is 2. The molecule has 1 atom stereocenters. The van der Waals surface area contributed by atoms with Crippen LogP contribution in [0.15, 0.2) is 66.9 Å². The van der Waals surface area contributed by atoms with Gasteiger partial charge in [0.1, 0.15) is 5.92 Å². The Labute approximate surface area is 168 Å². The normalized spacial score (nSPS) is 17.2. The van der Waals surface area contributed by atoms with Crippen LogP contribution in [0.3, 0.4) is 0 Å². The summed E-state index contributed by atoms with van der Waals surface area (Å²) in [7, 11) is 0. The topological polar surface area (TPSA) is 84.0 Å². The van der Waals surface area contributed by atoms with Crippen LogP contribution in [0.2, 0.25) is 0 Å². The molecule has 6 nitrogen and oxygen atoms in total. The zero-order valence-corrected chi connectivity index (χ0v) is 16.1. The lowest BCUT2D eigenvalue weighted by molar-refractivity contribution is -0.114. The number of ketones is 2. The Morgan fingerprint density at radius 3 is 2.14 bits per heavy atom. The van der Waals surface area contributed by atoms with Gasteiger partial charge in [-0.3, -0.25) is 15.0 Å². The fraction of sp³-hybridized carbons (Fsp3) is 0.130. The molecule has 1 heterocycles. The van der Waals surface area contributed by atoms with Gasteiger partial charge in [-0.25, -0.2) is 9.97 Å². The number of aromatic nitrogens is 2. The first-order valence-corrected chi connectivity index (χ1v) is 9.31. The molecule has 1 unspecified atom stereocenters. The Morgan fingerprint density at radius 2 is 1.45 bits per heavy atom. The molecule has 0 spiro atoms. The molecule has 3 aromatic rings. The van der Waals surface area contributed by atoms with E-state index in [1.807, 2.05) is 44.2 Å². The number of Topliss-reactive ketones (excluding diaryl/α,β-unsaturated/α-hetero) is 2. The van der Waals surface area contributed by atoms with Gasteiger partial charge in [0, 0.05) is 28.7 Å². The molecule has 29 heavy (non-hydrogen) atoms. The molecule has 0 fully saturated rings. The van der Waals surface area contributed by atoms with Crippen LogP contribution >= 0.6 is 0 Å². The number of hydrogen-bond donors (Lipinski definition) is 2. The molecule has 144 valence electrons. The molecular formula is C23H20N4O2. The first-order chi connectivity index (χ1) is 14.0. The van der Waals surface area contributed by atoms with E-state index in [-0.39, 0.29) is 11.6 Å². The van der Waals surface area contributed by atoms with Crippen molar-refractivity contribution in [2.75, 3.05) is 5.43 Å². The maximum Gasteiger partial charge on any atom is 0.242 e. The van der Waals surface area contributed by atoms with Crippen LogP contribution < -0.4 is 10.9 Å².